The van der Waals surface area contributed by atoms with Gasteiger partial charge in [0.05, 0.1) is 0 Å². The zero-order valence-corrected chi connectivity index (χ0v) is 11.7. The van der Waals surface area contributed by atoms with Gasteiger partial charge in [-0.3, -0.25) is 4.79 Å². The van der Waals surface area contributed by atoms with E-state index in [0.29, 0.717) is 12.8 Å². The normalized spacial score (nSPS) is 36.4. The quantitative estimate of drug-likeness (QED) is 0.723. The molecule has 20 heavy (non-hydrogen) atoms. The summed E-state index contributed by atoms with van der Waals surface area (Å²) in [7, 11) is 0. The Hall–Kier alpha value is -1.39. The molecule has 1 fully saturated rings. The highest BCUT2D eigenvalue weighted by atomic mass is 16.3. The largest absolute Gasteiger partial charge is 0.508 e. The van der Waals surface area contributed by atoms with Crippen LogP contribution in [0.3, 0.4) is 0 Å². The van der Waals surface area contributed by atoms with E-state index >= 15 is 0 Å². The number of hydrogen-bond donors (Lipinski definition) is 3. The first kappa shape index (κ1) is 13.6. The first-order valence-electron chi connectivity index (χ1n) is 7.24. The Morgan fingerprint density at radius 3 is 2.90 bits per heavy atom. The van der Waals surface area contributed by atoms with Gasteiger partial charge in [0.1, 0.15) is 11.9 Å². The molecule has 2 aliphatic rings. The highest BCUT2D eigenvalue weighted by molar-refractivity contribution is 5.86. The van der Waals surface area contributed by atoms with Gasteiger partial charge in [-0.15, -0.1) is 0 Å². The summed E-state index contributed by atoms with van der Waals surface area (Å²) in [6.45, 7) is 2.05. The number of nitrogens with two attached hydrogens (primary N) is 1. The minimum absolute atomic E-state index is 0.117. The van der Waals surface area contributed by atoms with E-state index in [9.17, 15) is 15.0 Å². The summed E-state index contributed by atoms with van der Waals surface area (Å²) in [5.74, 6) is 0.135. The molecule has 0 heterocycles. The third-order valence-electron chi connectivity index (χ3n) is 5.41. The maximum absolute atomic E-state index is 12.1. The zero-order valence-electron chi connectivity index (χ0n) is 11.7. The molecule has 3 rings (SSSR count). The highest BCUT2D eigenvalue weighted by Gasteiger charge is 2.57. The molecule has 0 radical (unpaired) electrons. The van der Waals surface area contributed by atoms with E-state index in [1.54, 1.807) is 12.1 Å². The first-order valence-corrected chi connectivity index (χ1v) is 7.24. The molecule has 0 amide bonds. The number of aliphatic hydroxyl groups is 1. The minimum Gasteiger partial charge on any atom is -0.508 e. The van der Waals surface area contributed by atoms with Crippen LogP contribution in [0, 0.1) is 0 Å². The molecular weight excluding hydrogens is 254 g/mol. The van der Waals surface area contributed by atoms with Crippen LogP contribution in [0.1, 0.15) is 43.7 Å². The van der Waals surface area contributed by atoms with E-state index in [1.165, 1.54) is 0 Å². The Labute approximate surface area is 118 Å². The average Bonchev–Trinajstić information content (AvgIpc) is 2.41. The summed E-state index contributed by atoms with van der Waals surface area (Å²) in [6.07, 6.45) is 1.97. The van der Waals surface area contributed by atoms with Gasteiger partial charge >= 0.3 is 0 Å². The fraction of sp³-hybridized carbons (Fsp3) is 0.562. The van der Waals surface area contributed by atoms with Gasteiger partial charge in [0.25, 0.3) is 0 Å². The summed E-state index contributed by atoms with van der Waals surface area (Å²) in [5, 5.41) is 19.6. The van der Waals surface area contributed by atoms with Gasteiger partial charge in [0.15, 0.2) is 5.78 Å². The number of fused-ring (bicyclic) bond motifs is 3. The van der Waals surface area contributed by atoms with Crippen molar-refractivity contribution >= 4 is 5.78 Å². The third kappa shape index (κ3) is 1.64. The molecular formula is C16H21NO3. The summed E-state index contributed by atoms with van der Waals surface area (Å²) in [4.78, 5) is 12.1. The number of carbonyl (C=O) groups excluding carboxylic acids is 1. The molecule has 1 saturated carbocycles. The lowest BCUT2D eigenvalue weighted by molar-refractivity contribution is -0.136. The van der Waals surface area contributed by atoms with Crippen molar-refractivity contribution in [2.24, 2.45) is 5.73 Å². The minimum atomic E-state index is -0.932. The molecule has 0 bridgehead atoms. The van der Waals surface area contributed by atoms with Crippen LogP contribution in [0.4, 0.5) is 0 Å². The molecule has 0 spiro atoms. The van der Waals surface area contributed by atoms with E-state index in [0.717, 1.165) is 30.4 Å². The van der Waals surface area contributed by atoms with Gasteiger partial charge in [-0.05, 0) is 48.9 Å². The lowest BCUT2D eigenvalue weighted by atomic mass is 9.51. The second-order valence-corrected chi connectivity index (χ2v) is 6.30. The Bertz CT molecular complexity index is 571. The number of ketones is 1. The number of benzene rings is 1. The smallest absolute Gasteiger partial charge is 0.162 e. The zero-order chi connectivity index (χ0) is 14.5. The summed E-state index contributed by atoms with van der Waals surface area (Å²) < 4.78 is 0. The number of phenols is 1. The molecule has 4 N–H and O–H groups in total. The van der Waals surface area contributed by atoms with Gasteiger partial charge in [-0.2, -0.15) is 0 Å². The third-order valence-corrected chi connectivity index (χ3v) is 5.41. The standard InChI is InChI=1S/C16H21NO3/c1-2-15-8-13(19)14(20)9-16(15,17)6-5-10-7-11(18)3-4-12(10)15/h3-4,7,14,18,20H,2,5-6,8-9,17H2,1H3/t14-,15-,16-/m0/s1. The number of rotatable bonds is 1. The van der Waals surface area contributed by atoms with Gasteiger partial charge < -0.3 is 15.9 Å². The predicted octanol–water partition coefficient (Wildman–Crippen LogP) is 1.41. The van der Waals surface area contributed by atoms with Crippen molar-refractivity contribution in [3.63, 3.8) is 0 Å². The lowest BCUT2D eigenvalue weighted by Gasteiger charge is -2.55. The summed E-state index contributed by atoms with van der Waals surface area (Å²) >= 11 is 0. The van der Waals surface area contributed by atoms with Crippen LogP contribution >= 0.6 is 0 Å². The molecule has 0 unspecified atom stereocenters. The summed E-state index contributed by atoms with van der Waals surface area (Å²) in [5.41, 5.74) is 7.84. The molecule has 0 aromatic heterocycles. The van der Waals surface area contributed by atoms with E-state index in [1.807, 2.05) is 6.07 Å². The monoisotopic (exact) mass is 275 g/mol. The number of aryl methyl sites for hydroxylation is 1. The number of aromatic hydroxyl groups is 1. The van der Waals surface area contributed by atoms with Crippen LogP contribution in [0.5, 0.6) is 5.75 Å². The molecule has 2 aliphatic carbocycles. The van der Waals surface area contributed by atoms with Crippen LogP contribution in [0.25, 0.3) is 0 Å². The number of carbonyl (C=O) groups is 1. The number of hydrogen-bond acceptors (Lipinski definition) is 4. The van der Waals surface area contributed by atoms with Gasteiger partial charge in [-0.25, -0.2) is 0 Å². The molecule has 108 valence electrons. The number of phenolic OH excluding ortho intramolecular Hbond substituents is 1. The Balaban J connectivity index is 2.18. The van der Waals surface area contributed by atoms with Crippen molar-refractivity contribution in [2.75, 3.05) is 0 Å². The maximum atomic E-state index is 12.1. The molecule has 1 aromatic rings. The van der Waals surface area contributed by atoms with Crippen LogP contribution in [-0.2, 0) is 16.6 Å². The van der Waals surface area contributed by atoms with Crippen molar-refractivity contribution in [1.29, 1.82) is 0 Å². The lowest BCUT2D eigenvalue weighted by Crippen LogP contribution is -2.66. The van der Waals surface area contributed by atoms with E-state index in [-0.39, 0.29) is 11.5 Å². The first-order chi connectivity index (χ1) is 9.42. The second kappa shape index (κ2) is 4.30. The Kier molecular flexibility index (Phi) is 2.92. The van der Waals surface area contributed by atoms with E-state index in [4.69, 9.17) is 5.73 Å². The van der Waals surface area contributed by atoms with Crippen LogP contribution < -0.4 is 5.73 Å². The molecule has 4 heteroatoms. The topological polar surface area (TPSA) is 83.5 Å². The Morgan fingerprint density at radius 2 is 2.20 bits per heavy atom. The molecule has 4 nitrogen and oxygen atoms in total. The predicted molar refractivity (Wildman–Crippen MR) is 75.6 cm³/mol. The highest BCUT2D eigenvalue weighted by Crippen LogP contribution is 2.52. The Morgan fingerprint density at radius 1 is 1.45 bits per heavy atom. The van der Waals surface area contributed by atoms with Gasteiger partial charge in [0.2, 0.25) is 0 Å². The SMILES string of the molecule is CC[C@@]12CC(=O)[C@@H](O)C[C@@]1(N)CCc1cc(O)ccc12. The number of aliphatic hydroxyl groups excluding tert-OH is 1. The fourth-order valence-corrected chi connectivity index (χ4v) is 4.23. The molecule has 0 saturated heterocycles. The molecule has 0 aliphatic heterocycles. The van der Waals surface area contributed by atoms with Gasteiger partial charge in [-0.1, -0.05) is 13.0 Å². The average molecular weight is 275 g/mol. The van der Waals surface area contributed by atoms with E-state index in [2.05, 4.69) is 6.92 Å². The van der Waals surface area contributed by atoms with Crippen molar-refractivity contribution in [2.45, 2.75) is 56.1 Å². The van der Waals surface area contributed by atoms with Crippen LogP contribution in [0.2, 0.25) is 0 Å². The van der Waals surface area contributed by atoms with Crippen molar-refractivity contribution < 1.29 is 15.0 Å². The molecule has 1 aromatic carbocycles. The van der Waals surface area contributed by atoms with Crippen LogP contribution in [0.15, 0.2) is 18.2 Å². The van der Waals surface area contributed by atoms with Crippen molar-refractivity contribution in [3.8, 4) is 5.75 Å². The number of Topliss-reactive ketones (excluding diaryl/α,β-unsaturated/α-hetero) is 1. The van der Waals surface area contributed by atoms with E-state index < -0.39 is 17.1 Å². The fourth-order valence-electron chi connectivity index (χ4n) is 4.23. The maximum Gasteiger partial charge on any atom is 0.162 e. The second-order valence-electron chi connectivity index (χ2n) is 6.30. The molecule has 3 atom stereocenters. The van der Waals surface area contributed by atoms with Crippen molar-refractivity contribution in [3.05, 3.63) is 29.3 Å². The van der Waals surface area contributed by atoms with Gasteiger partial charge in [0, 0.05) is 17.4 Å². The summed E-state index contributed by atoms with van der Waals surface area (Å²) in [6, 6.07) is 5.35. The van der Waals surface area contributed by atoms with Crippen molar-refractivity contribution in [1.82, 2.24) is 0 Å². The van der Waals surface area contributed by atoms with Crippen LogP contribution in [-0.4, -0.2) is 27.6 Å².